The molecular weight excluding hydrogens is 228 g/mol. The van der Waals surface area contributed by atoms with Crippen LogP contribution in [-0.4, -0.2) is 17.7 Å². The van der Waals surface area contributed by atoms with E-state index in [2.05, 4.69) is 19.9 Å². The van der Waals surface area contributed by atoms with E-state index in [-0.39, 0.29) is 11.8 Å². The van der Waals surface area contributed by atoms with Gasteiger partial charge in [-0.3, -0.25) is 4.79 Å². The first-order chi connectivity index (χ1) is 8.30. The van der Waals surface area contributed by atoms with Gasteiger partial charge >= 0.3 is 5.97 Å². The normalized spacial score (nSPS) is 11.6. The summed E-state index contributed by atoms with van der Waals surface area (Å²) in [6, 6.07) is 7.96. The molecule has 0 aliphatic carbocycles. The van der Waals surface area contributed by atoms with Crippen LogP contribution in [0.4, 0.5) is 0 Å². The minimum Gasteiger partial charge on any atom is -0.493 e. The van der Waals surface area contributed by atoms with E-state index in [0.717, 1.165) is 5.75 Å². The minimum absolute atomic E-state index is 0.108. The Hall–Kier alpha value is -1.51. The Labute approximate surface area is 109 Å². The molecular formula is C15H22O3. The third kappa shape index (κ3) is 4.78. The highest BCUT2D eigenvalue weighted by atomic mass is 16.5. The van der Waals surface area contributed by atoms with Gasteiger partial charge in [0.25, 0.3) is 0 Å². The van der Waals surface area contributed by atoms with Crippen LogP contribution in [0.25, 0.3) is 0 Å². The van der Waals surface area contributed by atoms with Gasteiger partial charge in [-0.2, -0.15) is 0 Å². The van der Waals surface area contributed by atoms with Gasteiger partial charge in [0.2, 0.25) is 0 Å². The van der Waals surface area contributed by atoms with Crippen LogP contribution in [0.15, 0.2) is 24.3 Å². The fraction of sp³-hybridized carbons (Fsp3) is 0.533. The van der Waals surface area contributed by atoms with Crippen LogP contribution < -0.4 is 4.74 Å². The van der Waals surface area contributed by atoms with Crippen LogP contribution in [-0.2, 0) is 4.79 Å². The molecule has 1 aromatic carbocycles. The third-order valence-corrected chi connectivity index (χ3v) is 2.78. The van der Waals surface area contributed by atoms with Crippen LogP contribution in [0.1, 0.15) is 45.6 Å². The average molecular weight is 250 g/mol. The second-order valence-corrected chi connectivity index (χ2v) is 5.75. The average Bonchev–Trinajstić information content (AvgIpc) is 2.25. The summed E-state index contributed by atoms with van der Waals surface area (Å²) in [4.78, 5) is 10.7. The maximum Gasteiger partial charge on any atom is 0.304 e. The number of ether oxygens (including phenoxy) is 1. The van der Waals surface area contributed by atoms with Crippen molar-refractivity contribution in [3.05, 3.63) is 29.8 Å². The quantitative estimate of drug-likeness (QED) is 0.837. The summed E-state index contributed by atoms with van der Waals surface area (Å²) in [7, 11) is 0. The van der Waals surface area contributed by atoms with Gasteiger partial charge in [0.15, 0.2) is 0 Å². The molecule has 0 radical (unpaired) electrons. The molecule has 0 bridgehead atoms. The summed E-state index contributed by atoms with van der Waals surface area (Å²) >= 11 is 0. The zero-order chi connectivity index (χ0) is 13.8. The predicted molar refractivity (Wildman–Crippen MR) is 72.1 cm³/mol. The monoisotopic (exact) mass is 250 g/mol. The molecule has 100 valence electrons. The van der Waals surface area contributed by atoms with Crippen molar-refractivity contribution in [2.45, 2.75) is 40.0 Å². The second-order valence-electron chi connectivity index (χ2n) is 5.75. The van der Waals surface area contributed by atoms with Crippen LogP contribution >= 0.6 is 0 Å². The number of hydrogen-bond acceptors (Lipinski definition) is 2. The van der Waals surface area contributed by atoms with E-state index in [0.29, 0.717) is 12.5 Å². The molecule has 0 heterocycles. The molecule has 3 nitrogen and oxygen atoms in total. The molecule has 0 amide bonds. The summed E-state index contributed by atoms with van der Waals surface area (Å²) in [6.07, 6.45) is 0.108. The lowest BCUT2D eigenvalue weighted by molar-refractivity contribution is -0.139. The first kappa shape index (κ1) is 14.6. The molecule has 0 saturated carbocycles. The Morgan fingerprint density at radius 1 is 1.39 bits per heavy atom. The number of carbonyl (C=O) groups is 1. The smallest absolute Gasteiger partial charge is 0.304 e. The number of carboxylic acids is 1. The predicted octanol–water partition coefficient (Wildman–Crippen LogP) is 3.69. The Morgan fingerprint density at radius 3 is 2.61 bits per heavy atom. The molecule has 0 fully saturated rings. The molecule has 0 spiro atoms. The number of hydrogen-bond donors (Lipinski definition) is 1. The summed E-state index contributed by atoms with van der Waals surface area (Å²) in [5.74, 6) is 0.472. The van der Waals surface area contributed by atoms with Crippen molar-refractivity contribution in [2.75, 3.05) is 6.61 Å². The third-order valence-electron chi connectivity index (χ3n) is 2.78. The van der Waals surface area contributed by atoms with Crippen molar-refractivity contribution >= 4 is 5.97 Å². The SMILES string of the molecule is CC(C)c1cccc(OCC(C)(C)CC(=O)O)c1. The fourth-order valence-corrected chi connectivity index (χ4v) is 1.70. The van der Waals surface area contributed by atoms with Crippen LogP contribution in [0, 0.1) is 5.41 Å². The molecule has 0 atom stereocenters. The van der Waals surface area contributed by atoms with Crippen molar-refractivity contribution in [2.24, 2.45) is 5.41 Å². The Kier molecular flexibility index (Phi) is 4.76. The largest absolute Gasteiger partial charge is 0.493 e. The lowest BCUT2D eigenvalue weighted by atomic mass is 9.90. The number of benzene rings is 1. The van der Waals surface area contributed by atoms with Crippen molar-refractivity contribution in [1.82, 2.24) is 0 Å². The first-order valence-electron chi connectivity index (χ1n) is 6.25. The van der Waals surface area contributed by atoms with Gasteiger partial charge in [-0.15, -0.1) is 0 Å². The molecule has 0 unspecified atom stereocenters. The second kappa shape index (κ2) is 5.89. The van der Waals surface area contributed by atoms with Crippen LogP contribution in [0.5, 0.6) is 5.75 Å². The topological polar surface area (TPSA) is 46.5 Å². The summed E-state index contributed by atoms with van der Waals surface area (Å²) < 4.78 is 5.70. The van der Waals surface area contributed by atoms with Gasteiger partial charge in [0.1, 0.15) is 5.75 Å². The lowest BCUT2D eigenvalue weighted by Gasteiger charge is -2.22. The highest BCUT2D eigenvalue weighted by Gasteiger charge is 2.22. The molecule has 1 rings (SSSR count). The molecule has 0 aliphatic heterocycles. The first-order valence-corrected chi connectivity index (χ1v) is 6.25. The van der Waals surface area contributed by atoms with Crippen LogP contribution in [0.2, 0.25) is 0 Å². The van der Waals surface area contributed by atoms with Gasteiger partial charge in [0, 0.05) is 5.41 Å². The molecule has 0 saturated heterocycles. The lowest BCUT2D eigenvalue weighted by Crippen LogP contribution is -2.24. The Balaban J connectivity index is 2.63. The van der Waals surface area contributed by atoms with Gasteiger partial charge < -0.3 is 9.84 Å². The van der Waals surface area contributed by atoms with E-state index in [9.17, 15) is 4.79 Å². The standard InChI is InChI=1S/C15H22O3/c1-11(2)12-6-5-7-13(8-12)18-10-15(3,4)9-14(16)17/h5-8,11H,9-10H2,1-4H3,(H,16,17). The van der Waals surface area contributed by atoms with E-state index in [4.69, 9.17) is 9.84 Å². The Bertz CT molecular complexity index is 408. The molecule has 1 aromatic rings. The summed E-state index contributed by atoms with van der Waals surface area (Å²) in [5.41, 5.74) is 0.864. The zero-order valence-corrected chi connectivity index (χ0v) is 11.6. The van der Waals surface area contributed by atoms with E-state index in [1.54, 1.807) is 0 Å². The number of aliphatic carboxylic acids is 1. The number of rotatable bonds is 6. The molecule has 0 aromatic heterocycles. The summed E-state index contributed by atoms with van der Waals surface area (Å²) in [5, 5.41) is 8.81. The minimum atomic E-state index is -0.792. The molecule has 1 N–H and O–H groups in total. The van der Waals surface area contributed by atoms with Gasteiger partial charge in [-0.25, -0.2) is 0 Å². The van der Waals surface area contributed by atoms with E-state index < -0.39 is 5.97 Å². The zero-order valence-electron chi connectivity index (χ0n) is 11.6. The maximum absolute atomic E-state index is 10.7. The van der Waals surface area contributed by atoms with Crippen molar-refractivity contribution < 1.29 is 14.6 Å². The van der Waals surface area contributed by atoms with Gasteiger partial charge in [-0.05, 0) is 23.6 Å². The van der Waals surface area contributed by atoms with Crippen molar-refractivity contribution in [3.63, 3.8) is 0 Å². The van der Waals surface area contributed by atoms with E-state index in [1.165, 1.54) is 5.56 Å². The molecule has 0 aliphatic rings. The maximum atomic E-state index is 10.7. The van der Waals surface area contributed by atoms with Gasteiger partial charge in [0.05, 0.1) is 13.0 Å². The number of carboxylic acid groups (broad SMARTS) is 1. The van der Waals surface area contributed by atoms with E-state index in [1.807, 2.05) is 32.0 Å². The molecule has 3 heteroatoms. The van der Waals surface area contributed by atoms with Crippen LogP contribution in [0.3, 0.4) is 0 Å². The highest BCUT2D eigenvalue weighted by molar-refractivity contribution is 5.67. The van der Waals surface area contributed by atoms with Crippen molar-refractivity contribution in [1.29, 1.82) is 0 Å². The summed E-state index contributed by atoms with van der Waals surface area (Å²) in [6.45, 7) is 8.46. The highest BCUT2D eigenvalue weighted by Crippen LogP contribution is 2.24. The van der Waals surface area contributed by atoms with Crippen molar-refractivity contribution in [3.8, 4) is 5.75 Å². The van der Waals surface area contributed by atoms with Gasteiger partial charge in [-0.1, -0.05) is 39.8 Å². The fourth-order valence-electron chi connectivity index (χ4n) is 1.70. The molecule has 18 heavy (non-hydrogen) atoms. The Morgan fingerprint density at radius 2 is 2.06 bits per heavy atom. The van der Waals surface area contributed by atoms with E-state index >= 15 is 0 Å².